The van der Waals surface area contributed by atoms with Gasteiger partial charge in [0.25, 0.3) is 0 Å². The number of rotatable bonds is 3. The lowest BCUT2D eigenvalue weighted by Crippen LogP contribution is -2.60. The first-order valence-electron chi connectivity index (χ1n) is 10.5. The third-order valence-electron chi connectivity index (χ3n) is 8.10. The third-order valence-corrected chi connectivity index (χ3v) is 8.10. The molecule has 5 bridgehead atoms. The molecule has 28 heavy (non-hydrogen) atoms. The van der Waals surface area contributed by atoms with E-state index < -0.39 is 5.79 Å². The van der Waals surface area contributed by atoms with Gasteiger partial charge in [0.2, 0.25) is 11.5 Å². The molecule has 6 aliphatic rings. The molecule has 5 fully saturated rings. The second-order valence-electron chi connectivity index (χ2n) is 9.02. The number of fused-ring (bicyclic) bond motifs is 1. The van der Waals surface area contributed by atoms with E-state index in [0.717, 1.165) is 31.6 Å². The van der Waals surface area contributed by atoms with Crippen LogP contribution >= 0.6 is 0 Å². The molecule has 6 heterocycles. The van der Waals surface area contributed by atoms with Crippen molar-refractivity contribution in [3.8, 4) is 0 Å². The molecule has 150 valence electrons. The lowest BCUT2D eigenvalue weighted by Gasteiger charge is -2.47. The summed E-state index contributed by atoms with van der Waals surface area (Å²) in [5.74, 6) is 1.38. The Morgan fingerprint density at radius 3 is 2.96 bits per heavy atom. The molecule has 0 saturated carbocycles. The molecule has 0 aliphatic carbocycles. The van der Waals surface area contributed by atoms with Crippen LogP contribution in [-0.4, -0.2) is 48.0 Å². The van der Waals surface area contributed by atoms with E-state index in [4.69, 9.17) is 18.9 Å². The standard InChI is InChI=1S/C22H27NO5/c1-5-6-8-21-14-7-9-23(21)13-10-15(21)27-22(14)16(13)11(2)18(28-22)19-17(25-4)12(3)20(24)26-19/h6,8,11,13-16H,5,7,9-10H2,1-4H3/b8-6+,19-18-/t11-,13-,14+,15-,16+,21-,22+/m1/s1. The van der Waals surface area contributed by atoms with Gasteiger partial charge in [-0.2, -0.15) is 0 Å². The lowest BCUT2D eigenvalue weighted by atomic mass is 9.71. The van der Waals surface area contributed by atoms with Crippen LogP contribution in [0.3, 0.4) is 0 Å². The van der Waals surface area contributed by atoms with E-state index in [1.807, 2.05) is 0 Å². The maximum Gasteiger partial charge on any atom is 0.343 e. The zero-order chi connectivity index (χ0) is 19.4. The van der Waals surface area contributed by atoms with Crippen molar-refractivity contribution in [3.63, 3.8) is 0 Å². The number of esters is 1. The quantitative estimate of drug-likeness (QED) is 0.550. The molecule has 5 saturated heterocycles. The van der Waals surface area contributed by atoms with E-state index in [9.17, 15) is 4.79 Å². The summed E-state index contributed by atoms with van der Waals surface area (Å²) in [4.78, 5) is 14.9. The predicted octanol–water partition coefficient (Wildman–Crippen LogP) is 2.87. The highest BCUT2D eigenvalue weighted by Crippen LogP contribution is 2.72. The number of nitrogens with zero attached hydrogens (tertiary/aromatic N) is 1. The van der Waals surface area contributed by atoms with Gasteiger partial charge in [-0.15, -0.1) is 0 Å². The average Bonchev–Trinajstić information content (AvgIpc) is 3.38. The van der Waals surface area contributed by atoms with Crippen molar-refractivity contribution < 1.29 is 23.7 Å². The maximum absolute atomic E-state index is 12.2. The lowest BCUT2D eigenvalue weighted by molar-refractivity contribution is -0.255. The zero-order valence-corrected chi connectivity index (χ0v) is 16.9. The van der Waals surface area contributed by atoms with Crippen molar-refractivity contribution in [1.29, 1.82) is 0 Å². The number of piperidine rings is 1. The average molecular weight is 385 g/mol. The molecule has 1 unspecified atom stereocenters. The molecule has 6 heteroatoms. The minimum Gasteiger partial charge on any atom is -0.492 e. The molecule has 0 aromatic carbocycles. The van der Waals surface area contributed by atoms with Crippen LogP contribution in [0.5, 0.6) is 0 Å². The minimum atomic E-state index is -0.609. The van der Waals surface area contributed by atoms with Crippen LogP contribution in [-0.2, 0) is 23.7 Å². The third kappa shape index (κ3) is 1.60. The predicted molar refractivity (Wildman–Crippen MR) is 99.6 cm³/mol. The minimum absolute atomic E-state index is 0.0286. The van der Waals surface area contributed by atoms with Gasteiger partial charge in [0.1, 0.15) is 5.76 Å². The summed E-state index contributed by atoms with van der Waals surface area (Å²) in [6.07, 6.45) is 8.04. The fourth-order valence-electron chi connectivity index (χ4n) is 7.22. The summed E-state index contributed by atoms with van der Waals surface area (Å²) in [6.45, 7) is 7.21. The van der Waals surface area contributed by atoms with Gasteiger partial charge in [0.15, 0.2) is 5.76 Å². The molecular weight excluding hydrogens is 358 g/mol. The van der Waals surface area contributed by atoms with Crippen molar-refractivity contribution in [2.24, 2.45) is 17.8 Å². The van der Waals surface area contributed by atoms with E-state index in [1.54, 1.807) is 14.0 Å². The van der Waals surface area contributed by atoms with Crippen LogP contribution < -0.4 is 0 Å². The maximum atomic E-state index is 12.2. The fraction of sp³-hybridized carbons (Fsp3) is 0.682. The molecule has 0 N–H and O–H groups in total. The molecular formula is C22H27NO5. The first-order chi connectivity index (χ1) is 13.5. The molecule has 0 aromatic heterocycles. The van der Waals surface area contributed by atoms with Crippen LogP contribution in [0.4, 0.5) is 0 Å². The highest BCUT2D eigenvalue weighted by Gasteiger charge is 2.83. The van der Waals surface area contributed by atoms with Crippen LogP contribution in [0.15, 0.2) is 35.0 Å². The number of carbonyl (C=O) groups excluding carboxylic acids is 1. The Balaban J connectivity index is 1.49. The van der Waals surface area contributed by atoms with Crippen LogP contribution in [0.1, 0.15) is 40.0 Å². The van der Waals surface area contributed by atoms with Crippen molar-refractivity contribution in [3.05, 3.63) is 35.0 Å². The van der Waals surface area contributed by atoms with Gasteiger partial charge in [-0.25, -0.2) is 4.79 Å². The van der Waals surface area contributed by atoms with Crippen molar-refractivity contribution >= 4 is 5.97 Å². The van der Waals surface area contributed by atoms with Crippen molar-refractivity contribution in [2.75, 3.05) is 13.7 Å². The van der Waals surface area contributed by atoms with E-state index in [2.05, 4.69) is 30.9 Å². The molecule has 8 atom stereocenters. The highest BCUT2D eigenvalue weighted by atomic mass is 16.7. The fourth-order valence-corrected chi connectivity index (χ4v) is 7.22. The Labute approximate surface area is 165 Å². The SMILES string of the molecule is CC/C=C/[C@]12[C@@H]3CCN1[C@@H]1C[C@H]2O[C@]32O/C(=C3\OC(=O)C(C)=C3OC)[C@H](C)[C@@H]12. The molecule has 0 aromatic rings. The number of carbonyl (C=O) groups is 1. The summed E-state index contributed by atoms with van der Waals surface area (Å²) >= 11 is 0. The molecule has 6 rings (SSSR count). The number of ether oxygens (including phenoxy) is 4. The van der Waals surface area contributed by atoms with E-state index in [0.29, 0.717) is 29.1 Å². The second-order valence-corrected chi connectivity index (χ2v) is 9.02. The van der Waals surface area contributed by atoms with Crippen LogP contribution in [0, 0.1) is 17.8 Å². The number of hydrogen-bond donors (Lipinski definition) is 0. The first kappa shape index (κ1) is 17.1. The zero-order valence-electron chi connectivity index (χ0n) is 16.9. The van der Waals surface area contributed by atoms with E-state index in [-0.39, 0.29) is 29.4 Å². The Bertz CT molecular complexity index is 874. The van der Waals surface area contributed by atoms with E-state index >= 15 is 0 Å². The van der Waals surface area contributed by atoms with Gasteiger partial charge >= 0.3 is 5.97 Å². The summed E-state index contributed by atoms with van der Waals surface area (Å²) in [7, 11) is 1.57. The Morgan fingerprint density at radius 1 is 1.39 bits per heavy atom. The van der Waals surface area contributed by atoms with E-state index in [1.165, 1.54) is 0 Å². The first-order valence-corrected chi connectivity index (χ1v) is 10.5. The van der Waals surface area contributed by atoms with Gasteiger partial charge in [0, 0.05) is 18.5 Å². The topological polar surface area (TPSA) is 57.2 Å². The smallest absolute Gasteiger partial charge is 0.343 e. The molecule has 6 aliphatic heterocycles. The molecule has 6 nitrogen and oxygen atoms in total. The van der Waals surface area contributed by atoms with Crippen LogP contribution in [0.25, 0.3) is 0 Å². The number of methoxy groups -OCH3 is 1. The van der Waals surface area contributed by atoms with Crippen LogP contribution in [0.2, 0.25) is 0 Å². The monoisotopic (exact) mass is 385 g/mol. The Morgan fingerprint density at radius 2 is 2.21 bits per heavy atom. The van der Waals surface area contributed by atoms with Gasteiger partial charge < -0.3 is 18.9 Å². The Hall–Kier alpha value is -1.79. The molecule has 0 amide bonds. The van der Waals surface area contributed by atoms with Crippen molar-refractivity contribution in [1.82, 2.24) is 4.90 Å². The summed E-state index contributed by atoms with van der Waals surface area (Å²) < 4.78 is 24.5. The number of allylic oxidation sites excluding steroid dienone is 2. The second kappa shape index (κ2) is 5.22. The highest BCUT2D eigenvalue weighted by molar-refractivity contribution is 5.93. The number of hydrogen-bond acceptors (Lipinski definition) is 6. The van der Waals surface area contributed by atoms with Crippen molar-refractivity contribution in [2.45, 2.75) is 63.5 Å². The molecule has 0 radical (unpaired) electrons. The number of cyclic esters (lactones) is 1. The normalized spacial score (nSPS) is 52.8. The Kier molecular flexibility index (Phi) is 3.19. The molecule has 1 spiro atoms. The summed E-state index contributed by atoms with van der Waals surface area (Å²) in [5, 5.41) is 0. The van der Waals surface area contributed by atoms with Gasteiger partial charge in [0.05, 0.1) is 36.2 Å². The largest absolute Gasteiger partial charge is 0.492 e. The summed E-state index contributed by atoms with van der Waals surface area (Å²) in [5.41, 5.74) is 0.467. The van der Waals surface area contributed by atoms with Gasteiger partial charge in [-0.3, -0.25) is 4.90 Å². The van der Waals surface area contributed by atoms with Gasteiger partial charge in [-0.05, 0) is 26.2 Å². The summed E-state index contributed by atoms with van der Waals surface area (Å²) in [6, 6.07) is 0.445. The van der Waals surface area contributed by atoms with Gasteiger partial charge in [-0.1, -0.05) is 26.0 Å².